The Morgan fingerprint density at radius 1 is 0.369 bits per heavy atom. The fourth-order valence-corrected chi connectivity index (χ4v) is 8.23. The van der Waals surface area contributed by atoms with Gasteiger partial charge in [-0.05, 0) is 148 Å². The molecular formula is C74H115NO8P+. The Morgan fingerprint density at radius 3 is 0.952 bits per heavy atom. The summed E-state index contributed by atoms with van der Waals surface area (Å²) in [5, 5.41) is 0. The molecule has 2 unspecified atom stereocenters. The van der Waals surface area contributed by atoms with Gasteiger partial charge in [0.2, 0.25) is 0 Å². The molecule has 0 radical (unpaired) electrons. The van der Waals surface area contributed by atoms with Crippen molar-refractivity contribution in [3.63, 3.8) is 0 Å². The third kappa shape index (κ3) is 65.7. The molecule has 9 nitrogen and oxygen atoms in total. The van der Waals surface area contributed by atoms with E-state index in [0.29, 0.717) is 23.9 Å². The molecule has 0 fully saturated rings. The molecule has 10 heteroatoms. The summed E-state index contributed by atoms with van der Waals surface area (Å²) in [4.78, 5) is 35.7. The minimum Gasteiger partial charge on any atom is -0.462 e. The smallest absolute Gasteiger partial charge is 0.462 e. The molecule has 468 valence electrons. The van der Waals surface area contributed by atoms with E-state index >= 15 is 0 Å². The minimum atomic E-state index is -4.42. The summed E-state index contributed by atoms with van der Waals surface area (Å²) in [5.41, 5.74) is 0. The van der Waals surface area contributed by atoms with Crippen molar-refractivity contribution >= 4 is 19.8 Å². The first-order valence-corrected chi connectivity index (χ1v) is 33.3. The standard InChI is InChI=1S/C74H114NO8P/c1-6-8-10-12-14-16-18-20-22-24-26-27-28-29-30-31-32-33-34-35-36-37-38-39-40-41-42-43-44-45-46-47-49-51-53-55-57-59-61-63-65-67-74(77)83-72(71-82-84(78,79)81-69-68-75(3,4)5)70-80-73(76)66-64-62-60-58-56-54-52-50-48-25-23-21-19-17-15-13-11-9-7-2/h8-11,14-17,20-23,26-27,29-30,32-33,35-36,38-39,41-42,44-45,47-50,53-56,72H,6-7,12-13,18-19,24-25,28,31,34,37,40,43,46,51-52,57-71H2,1-5H3/p+1/b10-8-,11-9-,16-14-,17-15-,22-20-,23-21-,27-26-,30-29-,33-32-,36-35-,39-38-,42-41-,45-44-,49-47-,50-48-,55-53-,56-54-. The lowest BCUT2D eigenvalue weighted by molar-refractivity contribution is -0.870. The fourth-order valence-electron chi connectivity index (χ4n) is 7.49. The van der Waals surface area contributed by atoms with E-state index in [2.05, 4.69) is 220 Å². The van der Waals surface area contributed by atoms with Crippen LogP contribution in [0.4, 0.5) is 0 Å². The summed E-state index contributed by atoms with van der Waals surface area (Å²) in [6, 6.07) is 0. The van der Waals surface area contributed by atoms with Crippen LogP contribution >= 0.6 is 7.82 Å². The molecule has 84 heavy (non-hydrogen) atoms. The maximum Gasteiger partial charge on any atom is 0.472 e. The van der Waals surface area contributed by atoms with Gasteiger partial charge < -0.3 is 18.9 Å². The van der Waals surface area contributed by atoms with Gasteiger partial charge in [-0.1, -0.05) is 240 Å². The lowest BCUT2D eigenvalue weighted by atomic mass is 10.1. The van der Waals surface area contributed by atoms with E-state index in [-0.39, 0.29) is 26.1 Å². The van der Waals surface area contributed by atoms with Gasteiger partial charge in [0.15, 0.2) is 6.10 Å². The molecule has 0 aromatic heterocycles. The van der Waals surface area contributed by atoms with Gasteiger partial charge in [0.25, 0.3) is 0 Å². The predicted octanol–water partition coefficient (Wildman–Crippen LogP) is 20.7. The molecule has 0 heterocycles. The van der Waals surface area contributed by atoms with E-state index in [1.54, 1.807) is 0 Å². The van der Waals surface area contributed by atoms with Gasteiger partial charge in [-0.2, -0.15) is 0 Å². The number of carbonyl (C=O) groups excluding carboxylic acids is 2. The highest BCUT2D eigenvalue weighted by molar-refractivity contribution is 7.47. The number of rotatable bonds is 55. The molecule has 0 saturated carbocycles. The first-order chi connectivity index (χ1) is 41.0. The van der Waals surface area contributed by atoms with Crippen molar-refractivity contribution < 1.29 is 42.1 Å². The Morgan fingerprint density at radius 2 is 0.643 bits per heavy atom. The molecule has 0 aromatic rings. The lowest BCUT2D eigenvalue weighted by Gasteiger charge is -2.24. The number of carbonyl (C=O) groups is 2. The zero-order valence-corrected chi connectivity index (χ0v) is 53.9. The number of likely N-dealkylation sites (N-methyl/N-ethyl adjacent to an activating group) is 1. The highest BCUT2D eigenvalue weighted by Gasteiger charge is 2.27. The number of hydrogen-bond donors (Lipinski definition) is 1. The summed E-state index contributed by atoms with van der Waals surface area (Å²) in [5.74, 6) is -0.884. The predicted molar refractivity (Wildman–Crippen MR) is 361 cm³/mol. The number of nitrogens with zero attached hydrogens (tertiary/aromatic N) is 1. The van der Waals surface area contributed by atoms with Crippen LogP contribution in [0, 0.1) is 0 Å². The van der Waals surface area contributed by atoms with Gasteiger partial charge in [0.05, 0.1) is 27.7 Å². The molecule has 0 rings (SSSR count). The van der Waals surface area contributed by atoms with Crippen molar-refractivity contribution in [3.05, 3.63) is 207 Å². The second kappa shape index (κ2) is 62.1. The first kappa shape index (κ1) is 78.6. The zero-order valence-electron chi connectivity index (χ0n) is 53.0. The van der Waals surface area contributed by atoms with E-state index in [1.165, 1.54) is 0 Å². The van der Waals surface area contributed by atoms with Gasteiger partial charge in [-0.3, -0.25) is 18.6 Å². The number of hydrogen-bond acceptors (Lipinski definition) is 7. The van der Waals surface area contributed by atoms with Crippen molar-refractivity contribution in [2.75, 3.05) is 47.5 Å². The molecule has 0 aliphatic heterocycles. The van der Waals surface area contributed by atoms with Crippen LogP contribution in [0.25, 0.3) is 0 Å². The maximum atomic E-state index is 12.8. The third-order valence-electron chi connectivity index (χ3n) is 12.3. The summed E-state index contributed by atoms with van der Waals surface area (Å²) in [6.45, 7) is 4.09. The van der Waals surface area contributed by atoms with Gasteiger partial charge in [0, 0.05) is 12.8 Å². The molecule has 0 aromatic carbocycles. The Kier molecular flexibility index (Phi) is 58.1. The van der Waals surface area contributed by atoms with Crippen LogP contribution in [0.1, 0.15) is 194 Å². The average molecular weight is 1180 g/mol. The van der Waals surface area contributed by atoms with E-state index in [4.69, 9.17) is 18.5 Å². The number of quaternary nitrogens is 1. The minimum absolute atomic E-state index is 0.00832. The van der Waals surface area contributed by atoms with Gasteiger partial charge in [-0.25, -0.2) is 4.57 Å². The number of phosphoric ester groups is 1. The van der Waals surface area contributed by atoms with Crippen molar-refractivity contribution in [3.8, 4) is 0 Å². The van der Waals surface area contributed by atoms with Crippen LogP contribution in [0.3, 0.4) is 0 Å². The van der Waals surface area contributed by atoms with Crippen LogP contribution in [-0.2, 0) is 32.7 Å². The number of ether oxygens (including phenoxy) is 2. The number of esters is 2. The van der Waals surface area contributed by atoms with Crippen LogP contribution in [-0.4, -0.2) is 74.9 Å². The monoisotopic (exact) mass is 1180 g/mol. The second-order valence-corrected chi connectivity index (χ2v) is 22.8. The summed E-state index contributed by atoms with van der Waals surface area (Å²) >= 11 is 0. The van der Waals surface area contributed by atoms with Crippen LogP contribution < -0.4 is 0 Å². The van der Waals surface area contributed by atoms with Crippen LogP contribution in [0.2, 0.25) is 0 Å². The van der Waals surface area contributed by atoms with E-state index in [9.17, 15) is 19.0 Å². The summed E-state index contributed by atoms with van der Waals surface area (Å²) in [7, 11) is 1.40. The molecule has 0 spiro atoms. The first-order valence-electron chi connectivity index (χ1n) is 31.8. The van der Waals surface area contributed by atoms with Crippen LogP contribution in [0.15, 0.2) is 207 Å². The summed E-state index contributed by atoms with van der Waals surface area (Å²) in [6.07, 6.45) is 99.2. The van der Waals surface area contributed by atoms with Gasteiger partial charge in [-0.15, -0.1) is 0 Å². The Balaban J connectivity index is 4.26. The van der Waals surface area contributed by atoms with E-state index < -0.39 is 32.5 Å². The molecule has 0 saturated heterocycles. The molecule has 2 atom stereocenters. The molecule has 0 aliphatic rings. The number of allylic oxidation sites excluding steroid dienone is 34. The molecular weight excluding hydrogens is 1060 g/mol. The number of phosphoric acid groups is 1. The number of unbranched alkanes of at least 4 members (excludes halogenated alkanes) is 7. The SMILES string of the molecule is CC/C=C\C/C=C\C/C=C\C/C=C\C/C=C\C/C=C\C/C=C\C/C=C\C/C=C\C/C=C\C/C=C\C/C=C\CCCCCCC(=O)OC(COC(=O)CCCCC/C=C\C/C=C\C/C=C\C/C=C\C/C=C\CC)COP(=O)(O)OCC[N+](C)(C)C. The molecule has 0 bridgehead atoms. The van der Waals surface area contributed by atoms with E-state index in [0.717, 1.165) is 154 Å². The van der Waals surface area contributed by atoms with Crippen LogP contribution in [0.5, 0.6) is 0 Å². The molecule has 1 N–H and O–H groups in total. The highest BCUT2D eigenvalue weighted by Crippen LogP contribution is 2.43. The van der Waals surface area contributed by atoms with Crippen molar-refractivity contribution in [2.24, 2.45) is 0 Å². The zero-order chi connectivity index (χ0) is 61.2. The third-order valence-corrected chi connectivity index (χ3v) is 13.3. The normalized spacial score (nSPS) is 14.6. The second-order valence-electron chi connectivity index (χ2n) is 21.3. The lowest BCUT2D eigenvalue weighted by Crippen LogP contribution is -2.37. The summed E-state index contributed by atoms with van der Waals surface area (Å²) < 4.78 is 34.5. The van der Waals surface area contributed by atoms with Gasteiger partial charge in [0.1, 0.15) is 19.8 Å². The van der Waals surface area contributed by atoms with Crippen molar-refractivity contribution in [2.45, 2.75) is 200 Å². The quantitative estimate of drug-likeness (QED) is 0.0211. The fraction of sp³-hybridized carbons (Fsp3) is 0.514. The molecule has 0 amide bonds. The average Bonchev–Trinajstić information content (AvgIpc) is 3.61. The van der Waals surface area contributed by atoms with Crippen molar-refractivity contribution in [1.82, 2.24) is 0 Å². The highest BCUT2D eigenvalue weighted by atomic mass is 31.2. The largest absolute Gasteiger partial charge is 0.472 e. The van der Waals surface area contributed by atoms with E-state index in [1.807, 2.05) is 21.1 Å². The van der Waals surface area contributed by atoms with Crippen molar-refractivity contribution in [1.29, 1.82) is 0 Å². The Bertz CT molecular complexity index is 2170. The Hall–Kier alpha value is -5.41. The van der Waals surface area contributed by atoms with Gasteiger partial charge >= 0.3 is 19.8 Å². The Labute approximate surface area is 513 Å². The maximum absolute atomic E-state index is 12.8. The molecule has 0 aliphatic carbocycles. The topological polar surface area (TPSA) is 108 Å².